The monoisotopic (exact) mass is 573 g/mol. The smallest absolute Gasteiger partial charge is 0.333 e. The molecule has 2 heterocycles. The van der Waals surface area contributed by atoms with Gasteiger partial charge in [0.15, 0.2) is 0 Å². The maximum absolute atomic E-state index is 13.2. The molecule has 1 fully saturated rings. The van der Waals surface area contributed by atoms with Crippen molar-refractivity contribution in [2.75, 3.05) is 6.61 Å². The lowest BCUT2D eigenvalue weighted by molar-refractivity contribution is -0.138. The van der Waals surface area contributed by atoms with Crippen LogP contribution in [0, 0.1) is 5.92 Å². The van der Waals surface area contributed by atoms with Gasteiger partial charge < -0.3 is 14.8 Å². The molecule has 1 aromatic carbocycles. The van der Waals surface area contributed by atoms with Gasteiger partial charge in [-0.25, -0.2) is 9.78 Å². The topological polar surface area (TPSA) is 90.4 Å². The molecule has 0 unspecified atom stereocenters. The fourth-order valence-electron chi connectivity index (χ4n) is 4.90. The summed E-state index contributed by atoms with van der Waals surface area (Å²) in [7, 11) is 0. The second-order valence-corrected chi connectivity index (χ2v) is 11.3. The minimum atomic E-state index is -0.321. The SMILES string of the molecule is CCOC(=O)C(C)=CC(C)=Cc1csc([C@H](Cc2ccc(OCc3ccncc3)cc2)NC(=O)C2CCCCC2)n1. The third-order valence-corrected chi connectivity index (χ3v) is 8.04. The van der Waals surface area contributed by atoms with Crippen molar-refractivity contribution >= 4 is 29.3 Å². The fraction of sp³-hybridized carbons (Fsp3) is 0.394. The summed E-state index contributed by atoms with van der Waals surface area (Å²) in [5.74, 6) is 0.645. The van der Waals surface area contributed by atoms with E-state index in [0.29, 0.717) is 25.2 Å². The Morgan fingerprint density at radius 2 is 1.78 bits per heavy atom. The van der Waals surface area contributed by atoms with Gasteiger partial charge in [0, 0.05) is 29.3 Å². The van der Waals surface area contributed by atoms with Crippen LogP contribution in [0.3, 0.4) is 0 Å². The third kappa shape index (κ3) is 9.39. The molecule has 1 aliphatic rings. The summed E-state index contributed by atoms with van der Waals surface area (Å²) in [6.45, 7) is 6.29. The number of thiazole rings is 1. The number of rotatable bonds is 12. The Balaban J connectivity index is 1.47. The van der Waals surface area contributed by atoms with E-state index >= 15 is 0 Å². The average molecular weight is 574 g/mol. The lowest BCUT2D eigenvalue weighted by atomic mass is 9.88. The van der Waals surface area contributed by atoms with Gasteiger partial charge in [-0.3, -0.25) is 9.78 Å². The first-order chi connectivity index (χ1) is 19.9. The second-order valence-electron chi connectivity index (χ2n) is 10.4. The summed E-state index contributed by atoms with van der Waals surface area (Å²) < 4.78 is 11.0. The van der Waals surface area contributed by atoms with E-state index in [1.807, 2.05) is 54.8 Å². The zero-order valence-electron chi connectivity index (χ0n) is 24.1. The highest BCUT2D eigenvalue weighted by Gasteiger charge is 2.25. The number of carbonyl (C=O) groups is 2. The lowest BCUT2D eigenvalue weighted by Crippen LogP contribution is -2.35. The van der Waals surface area contributed by atoms with E-state index in [9.17, 15) is 9.59 Å². The summed E-state index contributed by atoms with van der Waals surface area (Å²) in [6, 6.07) is 11.7. The molecular weight excluding hydrogens is 534 g/mol. The van der Waals surface area contributed by atoms with Crippen molar-refractivity contribution in [3.05, 3.63) is 93.2 Å². The van der Waals surface area contributed by atoms with Gasteiger partial charge >= 0.3 is 5.97 Å². The number of pyridine rings is 1. The van der Waals surface area contributed by atoms with Crippen LogP contribution in [0.1, 0.15) is 80.7 Å². The maximum atomic E-state index is 13.2. The van der Waals surface area contributed by atoms with Crippen LogP contribution >= 0.6 is 11.3 Å². The number of nitrogens with one attached hydrogen (secondary N) is 1. The fourth-order valence-corrected chi connectivity index (χ4v) is 5.73. The number of carbonyl (C=O) groups excluding carboxylic acids is 2. The molecular formula is C33H39N3O4S. The largest absolute Gasteiger partial charge is 0.489 e. The van der Waals surface area contributed by atoms with Crippen molar-refractivity contribution in [3.8, 4) is 5.75 Å². The molecule has 0 bridgehead atoms. The number of nitrogens with zero attached hydrogens (tertiary/aromatic N) is 2. The molecule has 1 N–H and O–H groups in total. The zero-order chi connectivity index (χ0) is 29.0. The van der Waals surface area contributed by atoms with E-state index in [2.05, 4.69) is 10.3 Å². The zero-order valence-corrected chi connectivity index (χ0v) is 24.9. The van der Waals surface area contributed by atoms with Crippen LogP contribution in [-0.4, -0.2) is 28.5 Å². The van der Waals surface area contributed by atoms with E-state index in [0.717, 1.165) is 58.8 Å². The highest BCUT2D eigenvalue weighted by Crippen LogP contribution is 2.28. The molecule has 2 aromatic heterocycles. The molecule has 1 aliphatic carbocycles. The molecule has 0 radical (unpaired) electrons. The van der Waals surface area contributed by atoms with Crippen LogP contribution in [0.25, 0.3) is 6.08 Å². The van der Waals surface area contributed by atoms with Crippen molar-refractivity contribution in [3.63, 3.8) is 0 Å². The van der Waals surface area contributed by atoms with E-state index in [-0.39, 0.29) is 23.8 Å². The summed E-state index contributed by atoms with van der Waals surface area (Å²) in [4.78, 5) is 34.1. The molecule has 216 valence electrons. The first-order valence-electron chi connectivity index (χ1n) is 14.3. The molecule has 41 heavy (non-hydrogen) atoms. The van der Waals surface area contributed by atoms with Crippen molar-refractivity contribution in [2.45, 2.75) is 71.9 Å². The minimum Gasteiger partial charge on any atom is -0.489 e. The quantitative estimate of drug-likeness (QED) is 0.142. The van der Waals surface area contributed by atoms with Crippen molar-refractivity contribution in [1.29, 1.82) is 0 Å². The van der Waals surface area contributed by atoms with Crippen LogP contribution in [0.4, 0.5) is 0 Å². The predicted octanol–water partition coefficient (Wildman–Crippen LogP) is 7.01. The highest BCUT2D eigenvalue weighted by atomic mass is 32.1. The van der Waals surface area contributed by atoms with Gasteiger partial charge in [0.25, 0.3) is 0 Å². The summed E-state index contributed by atoms with van der Waals surface area (Å²) in [5.41, 5.74) is 4.39. The molecule has 8 heteroatoms. The Kier molecular flexibility index (Phi) is 11.3. The Morgan fingerprint density at radius 1 is 1.05 bits per heavy atom. The van der Waals surface area contributed by atoms with E-state index in [4.69, 9.17) is 14.5 Å². The first-order valence-corrected chi connectivity index (χ1v) is 15.2. The van der Waals surface area contributed by atoms with Crippen LogP contribution in [-0.2, 0) is 27.4 Å². The van der Waals surface area contributed by atoms with Gasteiger partial charge in [-0.15, -0.1) is 11.3 Å². The Bertz CT molecular complexity index is 1340. The van der Waals surface area contributed by atoms with Crippen LogP contribution in [0.2, 0.25) is 0 Å². The van der Waals surface area contributed by atoms with E-state index in [1.54, 1.807) is 32.3 Å². The number of ether oxygens (including phenoxy) is 2. The highest BCUT2D eigenvalue weighted by molar-refractivity contribution is 7.09. The Morgan fingerprint density at radius 3 is 2.49 bits per heavy atom. The van der Waals surface area contributed by atoms with Crippen LogP contribution in [0.15, 0.2) is 71.4 Å². The minimum absolute atomic E-state index is 0.0628. The molecule has 0 aliphatic heterocycles. The molecule has 3 aromatic rings. The van der Waals surface area contributed by atoms with Crippen molar-refractivity contribution in [1.82, 2.24) is 15.3 Å². The number of hydrogen-bond donors (Lipinski definition) is 1. The Labute approximate surface area is 246 Å². The second kappa shape index (κ2) is 15.3. The number of allylic oxidation sites excluding steroid dienone is 2. The summed E-state index contributed by atoms with van der Waals surface area (Å²) in [6.07, 6.45) is 13.2. The standard InChI is InChI=1S/C33H39N3O4S/c1-4-39-33(38)24(3)18-23(2)19-28-22-41-32(35-28)30(36-31(37)27-8-6-5-7-9-27)20-25-10-12-29(13-11-25)40-21-26-14-16-34-17-15-26/h10-19,22,27,30H,4-9,20-21H2,1-3H3,(H,36,37)/t30-/m0/s1. The maximum Gasteiger partial charge on any atom is 0.333 e. The van der Waals surface area contributed by atoms with Crippen molar-refractivity contribution in [2.24, 2.45) is 5.92 Å². The number of aromatic nitrogens is 2. The summed E-state index contributed by atoms with van der Waals surface area (Å²) >= 11 is 1.54. The summed E-state index contributed by atoms with van der Waals surface area (Å²) in [5, 5.41) is 6.17. The molecule has 1 amide bonds. The van der Waals surface area contributed by atoms with E-state index in [1.165, 1.54) is 17.8 Å². The van der Waals surface area contributed by atoms with Gasteiger partial charge in [0.05, 0.1) is 18.3 Å². The normalized spacial score (nSPS) is 15.3. The number of esters is 1. The lowest BCUT2D eigenvalue weighted by Gasteiger charge is -2.24. The number of hydrogen-bond acceptors (Lipinski definition) is 7. The average Bonchev–Trinajstić information content (AvgIpc) is 3.45. The number of benzene rings is 1. The third-order valence-electron chi connectivity index (χ3n) is 7.07. The van der Waals surface area contributed by atoms with E-state index < -0.39 is 0 Å². The first kappa shape index (κ1) is 30.2. The molecule has 0 spiro atoms. The molecule has 4 rings (SSSR count). The predicted molar refractivity (Wildman–Crippen MR) is 162 cm³/mol. The Hall–Kier alpha value is -3.78. The molecule has 1 saturated carbocycles. The van der Waals surface area contributed by atoms with Crippen LogP contribution in [0.5, 0.6) is 5.75 Å². The van der Waals surface area contributed by atoms with Gasteiger partial charge in [-0.05, 0) is 93.2 Å². The van der Waals surface area contributed by atoms with Crippen LogP contribution < -0.4 is 10.1 Å². The molecule has 0 saturated heterocycles. The molecule has 7 nitrogen and oxygen atoms in total. The van der Waals surface area contributed by atoms with Crippen molar-refractivity contribution < 1.29 is 19.1 Å². The molecule has 1 atom stereocenters. The van der Waals surface area contributed by atoms with Gasteiger partial charge in [-0.1, -0.05) is 31.4 Å². The van der Waals surface area contributed by atoms with Gasteiger partial charge in [0.1, 0.15) is 17.4 Å². The van der Waals surface area contributed by atoms with Gasteiger partial charge in [0.2, 0.25) is 5.91 Å². The van der Waals surface area contributed by atoms with Gasteiger partial charge in [-0.2, -0.15) is 0 Å². The number of amides is 1.